The summed E-state index contributed by atoms with van der Waals surface area (Å²) in [6.07, 6.45) is 1.86. The molecule has 0 aliphatic carbocycles. The molecular weight excluding hydrogens is 312 g/mol. The van der Waals surface area contributed by atoms with Crippen molar-refractivity contribution < 1.29 is 0 Å². The summed E-state index contributed by atoms with van der Waals surface area (Å²) in [6.45, 7) is 10.3. The second kappa shape index (κ2) is 6.11. The molecule has 0 amide bonds. The highest BCUT2D eigenvalue weighted by atomic mass is 15.4. The van der Waals surface area contributed by atoms with Crippen molar-refractivity contribution in [3.05, 3.63) is 59.7 Å². The Balaban J connectivity index is 1.52. The molecule has 0 saturated carbocycles. The summed E-state index contributed by atoms with van der Waals surface area (Å²) >= 11 is 0. The number of hydrogen-bond acceptors (Lipinski definition) is 4. The molecule has 4 rings (SSSR count). The van der Waals surface area contributed by atoms with Gasteiger partial charge in [0.15, 0.2) is 0 Å². The first-order valence-corrected chi connectivity index (χ1v) is 8.75. The molecule has 0 N–H and O–H groups in total. The van der Waals surface area contributed by atoms with Gasteiger partial charge in [0.2, 0.25) is 0 Å². The molecule has 0 radical (unpaired) electrons. The molecule has 25 heavy (non-hydrogen) atoms. The molecule has 0 saturated heterocycles. The van der Waals surface area contributed by atoms with Crippen LogP contribution in [0.5, 0.6) is 0 Å². The van der Waals surface area contributed by atoms with E-state index in [0.29, 0.717) is 0 Å². The van der Waals surface area contributed by atoms with Crippen molar-refractivity contribution >= 4 is 0 Å². The minimum atomic E-state index is 0.0883. The molecule has 0 spiro atoms. The molecule has 1 aliphatic rings. The van der Waals surface area contributed by atoms with E-state index in [1.54, 1.807) is 0 Å². The quantitative estimate of drug-likeness (QED) is 0.738. The molecule has 0 atom stereocenters. The van der Waals surface area contributed by atoms with Crippen LogP contribution in [0.2, 0.25) is 0 Å². The molecule has 1 aromatic carbocycles. The smallest absolute Gasteiger partial charge is 0.0786 e. The van der Waals surface area contributed by atoms with Crippen LogP contribution in [0.3, 0.4) is 0 Å². The highest BCUT2D eigenvalue weighted by Crippen LogP contribution is 2.24. The summed E-state index contributed by atoms with van der Waals surface area (Å²) in [6, 6.07) is 12.4. The Hall–Kier alpha value is -2.47. The van der Waals surface area contributed by atoms with Crippen LogP contribution in [0.25, 0.3) is 5.69 Å². The Morgan fingerprint density at radius 2 is 1.88 bits per heavy atom. The lowest BCUT2D eigenvalue weighted by Gasteiger charge is -2.27. The largest absolute Gasteiger partial charge is 0.290 e. The van der Waals surface area contributed by atoms with E-state index in [-0.39, 0.29) is 5.41 Å². The summed E-state index contributed by atoms with van der Waals surface area (Å²) in [5.74, 6) is 0. The minimum absolute atomic E-state index is 0.0883. The predicted molar refractivity (Wildman–Crippen MR) is 96.4 cm³/mol. The van der Waals surface area contributed by atoms with Crippen LogP contribution in [-0.4, -0.2) is 36.2 Å². The van der Waals surface area contributed by atoms with E-state index in [2.05, 4.69) is 58.9 Å². The van der Waals surface area contributed by atoms with Gasteiger partial charge in [0, 0.05) is 25.0 Å². The maximum Gasteiger partial charge on any atom is 0.0786 e. The molecule has 1 aliphatic heterocycles. The lowest BCUT2D eigenvalue weighted by atomic mass is 9.92. The van der Waals surface area contributed by atoms with Crippen molar-refractivity contribution in [2.24, 2.45) is 0 Å². The maximum absolute atomic E-state index is 4.78. The van der Waals surface area contributed by atoms with Crippen molar-refractivity contribution in [3.8, 4) is 5.69 Å². The third-order valence-electron chi connectivity index (χ3n) is 4.65. The zero-order chi connectivity index (χ0) is 17.4. The van der Waals surface area contributed by atoms with Crippen molar-refractivity contribution in [2.45, 2.75) is 45.8 Å². The first kappa shape index (κ1) is 16.0. The van der Waals surface area contributed by atoms with Gasteiger partial charge in [-0.25, -0.2) is 4.68 Å². The third kappa shape index (κ3) is 3.22. The van der Waals surface area contributed by atoms with Gasteiger partial charge in [-0.3, -0.25) is 9.58 Å². The Morgan fingerprint density at radius 3 is 2.64 bits per heavy atom. The number of hydrogen-bond donors (Lipinski definition) is 0. The summed E-state index contributed by atoms with van der Waals surface area (Å²) in [4.78, 5) is 2.43. The van der Waals surface area contributed by atoms with E-state index in [4.69, 9.17) is 5.10 Å². The molecule has 0 unspecified atom stereocenters. The second-order valence-corrected chi connectivity index (χ2v) is 7.68. The van der Waals surface area contributed by atoms with E-state index in [9.17, 15) is 0 Å². The van der Waals surface area contributed by atoms with E-state index < -0.39 is 0 Å². The average molecular weight is 336 g/mol. The monoisotopic (exact) mass is 336 g/mol. The summed E-state index contributed by atoms with van der Waals surface area (Å²) in [7, 11) is 0. The fourth-order valence-corrected chi connectivity index (χ4v) is 3.20. The lowest BCUT2D eigenvalue weighted by molar-refractivity contribution is 0.201. The van der Waals surface area contributed by atoms with E-state index >= 15 is 0 Å². The molecule has 3 heterocycles. The Labute approximate surface area is 148 Å². The first-order chi connectivity index (χ1) is 12.0. The molecule has 6 nitrogen and oxygen atoms in total. The van der Waals surface area contributed by atoms with Crippen LogP contribution in [0, 0.1) is 0 Å². The van der Waals surface area contributed by atoms with Crippen molar-refractivity contribution in [3.63, 3.8) is 0 Å². The van der Waals surface area contributed by atoms with Crippen molar-refractivity contribution in [2.75, 3.05) is 6.54 Å². The average Bonchev–Trinajstić information content (AvgIpc) is 3.21. The summed E-state index contributed by atoms with van der Waals surface area (Å²) in [5.41, 5.74) is 4.70. The molecule has 6 heteroatoms. The zero-order valence-electron chi connectivity index (χ0n) is 15.1. The van der Waals surface area contributed by atoms with Gasteiger partial charge in [-0.15, -0.1) is 5.10 Å². The SMILES string of the molecule is CC(C)(C)c1cc2n(n1)CCN(Cc1cnnn1-c1ccccc1)C2. The van der Waals surface area contributed by atoms with Gasteiger partial charge >= 0.3 is 0 Å². The molecule has 0 bridgehead atoms. The number of rotatable bonds is 3. The Bertz CT molecular complexity index is 856. The van der Waals surface area contributed by atoms with Gasteiger partial charge in [0.05, 0.1) is 35.5 Å². The molecule has 0 fully saturated rings. The van der Waals surface area contributed by atoms with Gasteiger partial charge in [0.25, 0.3) is 0 Å². The van der Waals surface area contributed by atoms with Crippen LogP contribution in [0.4, 0.5) is 0 Å². The highest BCUT2D eigenvalue weighted by molar-refractivity contribution is 5.31. The van der Waals surface area contributed by atoms with Crippen LogP contribution in [-0.2, 0) is 25.0 Å². The number of nitrogens with zero attached hydrogens (tertiary/aromatic N) is 6. The molecule has 3 aromatic rings. The van der Waals surface area contributed by atoms with Gasteiger partial charge in [-0.05, 0) is 18.2 Å². The lowest BCUT2D eigenvalue weighted by Crippen LogP contribution is -2.34. The first-order valence-electron chi connectivity index (χ1n) is 8.75. The Morgan fingerprint density at radius 1 is 1.08 bits per heavy atom. The third-order valence-corrected chi connectivity index (χ3v) is 4.65. The Kier molecular flexibility index (Phi) is 3.92. The van der Waals surface area contributed by atoms with E-state index in [1.807, 2.05) is 29.1 Å². The van der Waals surface area contributed by atoms with Crippen molar-refractivity contribution in [1.82, 2.24) is 29.7 Å². The number of benzene rings is 1. The number of para-hydroxylation sites is 1. The van der Waals surface area contributed by atoms with Crippen LogP contribution < -0.4 is 0 Å². The summed E-state index contributed by atoms with van der Waals surface area (Å²) in [5, 5.41) is 13.1. The topological polar surface area (TPSA) is 51.8 Å². The maximum atomic E-state index is 4.78. The zero-order valence-corrected chi connectivity index (χ0v) is 15.1. The van der Waals surface area contributed by atoms with Gasteiger partial charge in [0.1, 0.15) is 0 Å². The van der Waals surface area contributed by atoms with Crippen molar-refractivity contribution in [1.29, 1.82) is 0 Å². The number of fused-ring (bicyclic) bond motifs is 1. The predicted octanol–water partition coefficient (Wildman–Crippen LogP) is 2.78. The fourth-order valence-electron chi connectivity index (χ4n) is 3.20. The second-order valence-electron chi connectivity index (χ2n) is 7.68. The van der Waals surface area contributed by atoms with Gasteiger partial charge in [-0.1, -0.05) is 44.2 Å². The number of aromatic nitrogens is 5. The van der Waals surface area contributed by atoms with E-state index in [0.717, 1.165) is 37.6 Å². The molecule has 130 valence electrons. The standard InChI is InChI=1S/C19H24N6/c1-19(2,3)18-11-16-13-23(9-10-24(16)21-18)14-17-12-20-22-25(17)15-7-5-4-6-8-15/h4-8,11-12H,9-10,13-14H2,1-3H3. The van der Waals surface area contributed by atoms with Gasteiger partial charge < -0.3 is 0 Å². The van der Waals surface area contributed by atoms with Crippen LogP contribution in [0.1, 0.15) is 37.9 Å². The molecular formula is C19H24N6. The minimum Gasteiger partial charge on any atom is -0.290 e. The normalized spacial score (nSPS) is 15.3. The van der Waals surface area contributed by atoms with Crippen LogP contribution >= 0.6 is 0 Å². The highest BCUT2D eigenvalue weighted by Gasteiger charge is 2.24. The van der Waals surface area contributed by atoms with Gasteiger partial charge in [-0.2, -0.15) is 5.10 Å². The van der Waals surface area contributed by atoms with Crippen LogP contribution in [0.15, 0.2) is 42.6 Å². The summed E-state index contributed by atoms with van der Waals surface area (Å²) < 4.78 is 4.08. The van der Waals surface area contributed by atoms with E-state index in [1.165, 1.54) is 11.4 Å². The fraction of sp³-hybridized carbons (Fsp3) is 0.421. The molecule has 2 aromatic heterocycles.